The van der Waals surface area contributed by atoms with Gasteiger partial charge < -0.3 is 14.9 Å². The predicted molar refractivity (Wildman–Crippen MR) is 76.7 cm³/mol. The van der Waals surface area contributed by atoms with Gasteiger partial charge in [0.25, 0.3) is 0 Å². The Hall–Kier alpha value is -2.01. The Morgan fingerprint density at radius 1 is 1.16 bits per heavy atom. The number of methoxy groups -OCH3 is 2. The topological polar surface area (TPSA) is 69.4 Å². The minimum atomic E-state index is 0.320. The standard InChI is InChI=1S/C14H19N3O2/c1-8(2)11-6-9-5-10(18-3)7-12(19-4)13(9)16-14(11)17-15/h5-8H,15H2,1-4H3,(H,16,17). The second kappa shape index (κ2) is 5.32. The van der Waals surface area contributed by atoms with Crippen LogP contribution in [-0.2, 0) is 0 Å². The Labute approximate surface area is 112 Å². The average Bonchev–Trinajstić information content (AvgIpc) is 2.44. The van der Waals surface area contributed by atoms with E-state index in [1.165, 1.54) is 0 Å². The van der Waals surface area contributed by atoms with Gasteiger partial charge in [0, 0.05) is 11.5 Å². The van der Waals surface area contributed by atoms with Crippen LogP contribution < -0.4 is 20.7 Å². The highest BCUT2D eigenvalue weighted by molar-refractivity contribution is 5.88. The van der Waals surface area contributed by atoms with Crippen LogP contribution >= 0.6 is 0 Å². The lowest BCUT2D eigenvalue weighted by atomic mass is 10.0. The van der Waals surface area contributed by atoms with Crippen LogP contribution in [0, 0.1) is 0 Å². The second-order valence-corrected chi connectivity index (χ2v) is 4.63. The Morgan fingerprint density at radius 3 is 2.42 bits per heavy atom. The molecule has 19 heavy (non-hydrogen) atoms. The van der Waals surface area contributed by atoms with Crippen molar-refractivity contribution in [1.29, 1.82) is 0 Å². The van der Waals surface area contributed by atoms with Crippen LogP contribution in [0.1, 0.15) is 25.3 Å². The van der Waals surface area contributed by atoms with Crippen molar-refractivity contribution in [2.45, 2.75) is 19.8 Å². The van der Waals surface area contributed by atoms with E-state index in [1.54, 1.807) is 14.2 Å². The number of hydrogen-bond acceptors (Lipinski definition) is 5. The molecule has 0 amide bonds. The largest absolute Gasteiger partial charge is 0.497 e. The van der Waals surface area contributed by atoms with Crippen molar-refractivity contribution in [2.75, 3.05) is 19.6 Å². The molecule has 0 saturated heterocycles. The summed E-state index contributed by atoms with van der Waals surface area (Å²) in [7, 11) is 3.25. The maximum Gasteiger partial charge on any atom is 0.148 e. The predicted octanol–water partition coefficient (Wildman–Crippen LogP) is 2.66. The van der Waals surface area contributed by atoms with E-state index in [2.05, 4.69) is 30.3 Å². The van der Waals surface area contributed by atoms with E-state index in [0.29, 0.717) is 17.5 Å². The van der Waals surface area contributed by atoms with Crippen LogP contribution in [0.5, 0.6) is 11.5 Å². The quantitative estimate of drug-likeness (QED) is 0.654. The average molecular weight is 261 g/mol. The fraction of sp³-hybridized carbons (Fsp3) is 0.357. The zero-order valence-electron chi connectivity index (χ0n) is 11.7. The van der Waals surface area contributed by atoms with Crippen LogP contribution in [0.4, 0.5) is 5.82 Å². The third-order valence-electron chi connectivity index (χ3n) is 3.10. The number of anilines is 1. The van der Waals surface area contributed by atoms with E-state index in [-0.39, 0.29) is 0 Å². The fourth-order valence-corrected chi connectivity index (χ4v) is 2.07. The first-order chi connectivity index (χ1) is 9.10. The van der Waals surface area contributed by atoms with Gasteiger partial charge in [-0.25, -0.2) is 10.8 Å². The minimum absolute atomic E-state index is 0.320. The molecule has 0 aliphatic carbocycles. The first-order valence-corrected chi connectivity index (χ1v) is 6.14. The first-order valence-electron chi connectivity index (χ1n) is 6.14. The van der Waals surface area contributed by atoms with E-state index in [9.17, 15) is 0 Å². The molecule has 1 aromatic carbocycles. The van der Waals surface area contributed by atoms with Crippen LogP contribution in [-0.4, -0.2) is 19.2 Å². The number of nitrogens with one attached hydrogen (secondary N) is 1. The summed E-state index contributed by atoms with van der Waals surface area (Å²) in [6.45, 7) is 4.20. The summed E-state index contributed by atoms with van der Waals surface area (Å²) < 4.78 is 10.6. The maximum atomic E-state index is 5.55. The number of hydrogen-bond donors (Lipinski definition) is 2. The summed E-state index contributed by atoms with van der Waals surface area (Å²) in [5, 5.41) is 0.971. The number of nitrogen functional groups attached to an aromatic ring is 1. The van der Waals surface area contributed by atoms with E-state index >= 15 is 0 Å². The fourth-order valence-electron chi connectivity index (χ4n) is 2.07. The number of pyridine rings is 1. The van der Waals surface area contributed by atoms with Gasteiger partial charge in [-0.3, -0.25) is 0 Å². The van der Waals surface area contributed by atoms with Gasteiger partial charge >= 0.3 is 0 Å². The van der Waals surface area contributed by atoms with Crippen molar-refractivity contribution in [1.82, 2.24) is 4.98 Å². The molecule has 0 saturated carbocycles. The smallest absolute Gasteiger partial charge is 0.148 e. The summed E-state index contributed by atoms with van der Waals surface area (Å²) in [6, 6.07) is 5.81. The second-order valence-electron chi connectivity index (χ2n) is 4.63. The van der Waals surface area contributed by atoms with Crippen molar-refractivity contribution < 1.29 is 9.47 Å². The summed E-state index contributed by atoms with van der Waals surface area (Å²) in [4.78, 5) is 4.54. The van der Waals surface area contributed by atoms with Crippen molar-refractivity contribution in [3.05, 3.63) is 23.8 Å². The van der Waals surface area contributed by atoms with Crippen LogP contribution in [0.3, 0.4) is 0 Å². The lowest BCUT2D eigenvalue weighted by Crippen LogP contribution is -2.12. The van der Waals surface area contributed by atoms with Gasteiger partial charge in [0.15, 0.2) is 0 Å². The molecule has 2 aromatic rings. The molecule has 0 aliphatic rings. The number of ether oxygens (including phenoxy) is 2. The maximum absolute atomic E-state index is 5.55. The number of rotatable bonds is 4. The number of benzene rings is 1. The summed E-state index contributed by atoms with van der Waals surface area (Å²) in [6.07, 6.45) is 0. The number of fused-ring (bicyclic) bond motifs is 1. The van der Waals surface area contributed by atoms with E-state index in [4.69, 9.17) is 15.3 Å². The highest BCUT2D eigenvalue weighted by Gasteiger charge is 2.13. The highest BCUT2D eigenvalue weighted by Crippen LogP contribution is 2.34. The molecule has 102 valence electrons. The molecule has 0 bridgehead atoms. The summed E-state index contributed by atoms with van der Waals surface area (Å²) >= 11 is 0. The van der Waals surface area contributed by atoms with E-state index < -0.39 is 0 Å². The molecule has 0 atom stereocenters. The molecule has 0 spiro atoms. The van der Waals surface area contributed by atoms with Gasteiger partial charge in [-0.15, -0.1) is 0 Å². The molecular formula is C14H19N3O2. The molecule has 2 rings (SSSR count). The van der Waals surface area contributed by atoms with Gasteiger partial charge in [0.2, 0.25) is 0 Å². The van der Waals surface area contributed by atoms with Gasteiger partial charge in [0.1, 0.15) is 22.8 Å². The van der Waals surface area contributed by atoms with E-state index in [1.807, 2.05) is 12.1 Å². The number of aromatic nitrogens is 1. The Bertz CT molecular complexity index is 597. The summed E-state index contributed by atoms with van der Waals surface area (Å²) in [5.74, 6) is 7.95. The van der Waals surface area contributed by atoms with Crippen LogP contribution in [0.15, 0.2) is 18.2 Å². The molecule has 3 N–H and O–H groups in total. The van der Waals surface area contributed by atoms with Crippen molar-refractivity contribution in [3.8, 4) is 11.5 Å². The summed E-state index contributed by atoms with van der Waals surface area (Å²) in [5.41, 5.74) is 4.48. The van der Waals surface area contributed by atoms with Gasteiger partial charge in [-0.05, 0) is 23.6 Å². The molecule has 1 heterocycles. The van der Waals surface area contributed by atoms with Crippen LogP contribution in [0.2, 0.25) is 0 Å². The molecule has 0 unspecified atom stereocenters. The lowest BCUT2D eigenvalue weighted by molar-refractivity contribution is 0.397. The van der Waals surface area contributed by atoms with Crippen LogP contribution in [0.25, 0.3) is 10.9 Å². The van der Waals surface area contributed by atoms with Gasteiger partial charge in [-0.1, -0.05) is 13.8 Å². The Morgan fingerprint density at radius 2 is 1.89 bits per heavy atom. The molecule has 0 fully saturated rings. The SMILES string of the molecule is COc1cc(OC)c2nc(NN)c(C(C)C)cc2c1. The van der Waals surface area contributed by atoms with Gasteiger partial charge in [-0.2, -0.15) is 0 Å². The van der Waals surface area contributed by atoms with Gasteiger partial charge in [0.05, 0.1) is 14.2 Å². The molecular weight excluding hydrogens is 242 g/mol. The van der Waals surface area contributed by atoms with Crippen molar-refractivity contribution in [2.24, 2.45) is 5.84 Å². The Balaban J connectivity index is 2.76. The number of hydrazine groups is 1. The first kappa shape index (κ1) is 13.4. The number of nitrogens with zero attached hydrogens (tertiary/aromatic N) is 1. The van der Waals surface area contributed by atoms with Crippen molar-refractivity contribution >= 4 is 16.7 Å². The molecule has 1 aromatic heterocycles. The normalized spacial score (nSPS) is 10.8. The zero-order chi connectivity index (χ0) is 14.0. The third kappa shape index (κ3) is 2.42. The molecule has 5 heteroatoms. The Kier molecular flexibility index (Phi) is 3.76. The zero-order valence-corrected chi connectivity index (χ0v) is 11.7. The molecule has 0 aliphatic heterocycles. The molecule has 5 nitrogen and oxygen atoms in total. The number of nitrogens with two attached hydrogens (primary N) is 1. The van der Waals surface area contributed by atoms with E-state index in [0.717, 1.165) is 22.2 Å². The molecule has 0 radical (unpaired) electrons. The monoisotopic (exact) mass is 261 g/mol. The lowest BCUT2D eigenvalue weighted by Gasteiger charge is -2.15. The highest BCUT2D eigenvalue weighted by atomic mass is 16.5. The minimum Gasteiger partial charge on any atom is -0.497 e. The van der Waals surface area contributed by atoms with Crippen molar-refractivity contribution in [3.63, 3.8) is 0 Å². The third-order valence-corrected chi connectivity index (χ3v) is 3.10.